The molecule has 0 aliphatic carbocycles. The zero-order valence-corrected chi connectivity index (χ0v) is 24.2. The third-order valence-electron chi connectivity index (χ3n) is 7.78. The van der Waals surface area contributed by atoms with E-state index in [-0.39, 0.29) is 41.9 Å². The molecule has 0 aromatic carbocycles. The molecule has 0 aromatic heterocycles. The number of allylic oxidation sites excluding steroid dienone is 4. The van der Waals surface area contributed by atoms with Gasteiger partial charge in [0.05, 0.1) is 24.4 Å². The monoisotopic (exact) mass is 532 g/mol. The Labute approximate surface area is 230 Å². The first-order valence-corrected chi connectivity index (χ1v) is 14.1. The van der Waals surface area contributed by atoms with E-state index in [1.54, 1.807) is 30.4 Å². The Bertz CT molecular complexity index is 815. The van der Waals surface area contributed by atoms with Gasteiger partial charge in [-0.1, -0.05) is 96.7 Å². The van der Waals surface area contributed by atoms with Gasteiger partial charge in [-0.15, -0.1) is 0 Å². The van der Waals surface area contributed by atoms with Crippen LogP contribution in [0.15, 0.2) is 61.3 Å². The number of cyclic esters (lactones) is 1. The molecule has 1 aliphatic rings. The molecule has 6 heteroatoms. The highest BCUT2D eigenvalue weighted by molar-refractivity contribution is 5.82. The first kappa shape index (κ1) is 34.0. The molecule has 4 N–H and O–H groups in total. The van der Waals surface area contributed by atoms with Crippen LogP contribution in [0, 0.1) is 35.5 Å². The molecule has 1 heterocycles. The molecule has 0 spiro atoms. The van der Waals surface area contributed by atoms with Crippen molar-refractivity contribution < 1.29 is 30.0 Å². The van der Waals surface area contributed by atoms with Crippen LogP contribution >= 0.6 is 0 Å². The molecule has 1 rings (SSSR count). The van der Waals surface area contributed by atoms with E-state index < -0.39 is 36.5 Å². The second-order valence-corrected chi connectivity index (χ2v) is 11.4. The topological polar surface area (TPSA) is 107 Å². The molecule has 1 aliphatic heterocycles. The van der Waals surface area contributed by atoms with E-state index in [0.717, 1.165) is 12.8 Å². The third kappa shape index (κ3) is 12.2. The minimum atomic E-state index is -0.828. The van der Waals surface area contributed by atoms with Gasteiger partial charge in [-0.25, -0.2) is 4.79 Å². The molecule has 6 nitrogen and oxygen atoms in total. The number of carbonyl (C=O) groups is 1. The predicted molar refractivity (Wildman–Crippen MR) is 154 cm³/mol. The average molecular weight is 533 g/mol. The lowest BCUT2D eigenvalue weighted by Crippen LogP contribution is -2.37. The van der Waals surface area contributed by atoms with Crippen LogP contribution in [0.4, 0.5) is 0 Å². The summed E-state index contributed by atoms with van der Waals surface area (Å²) in [7, 11) is 0. The number of hydrogen-bond donors (Lipinski definition) is 4. The summed E-state index contributed by atoms with van der Waals surface area (Å²) in [6.07, 6.45) is 14.2. The van der Waals surface area contributed by atoms with E-state index in [9.17, 15) is 25.2 Å². The van der Waals surface area contributed by atoms with Gasteiger partial charge < -0.3 is 25.2 Å². The summed E-state index contributed by atoms with van der Waals surface area (Å²) in [5.41, 5.74) is 0. The highest BCUT2D eigenvalue weighted by Crippen LogP contribution is 2.28. The SMILES string of the molecule is C=C/C=C\[C@H](C)[C@@H]1OC(=O)/C=C\C=C\[C@@H](C)[C@@H](O)CC(O)/C=C\[C@H](C)[C@H](O)[C@@H](C)C[C@@H](C)CC[C@@H](O)[C@H]1C. The second kappa shape index (κ2) is 17.6. The molecular weight excluding hydrogens is 480 g/mol. The number of aliphatic hydroxyl groups excluding tert-OH is 4. The molecule has 1 unspecified atom stereocenters. The van der Waals surface area contributed by atoms with Gasteiger partial charge in [-0.2, -0.15) is 0 Å². The first-order chi connectivity index (χ1) is 17.9. The van der Waals surface area contributed by atoms with E-state index in [4.69, 9.17) is 4.74 Å². The normalized spacial score (nSPS) is 40.7. The van der Waals surface area contributed by atoms with Crippen molar-refractivity contribution in [1.29, 1.82) is 0 Å². The molecule has 0 amide bonds. The molecule has 11 atom stereocenters. The van der Waals surface area contributed by atoms with Crippen molar-refractivity contribution in [2.45, 2.75) is 97.7 Å². The fourth-order valence-electron chi connectivity index (χ4n) is 5.04. The maximum atomic E-state index is 12.6. The van der Waals surface area contributed by atoms with Crippen LogP contribution in [-0.4, -0.2) is 56.9 Å². The molecule has 0 bridgehead atoms. The van der Waals surface area contributed by atoms with Crippen molar-refractivity contribution in [3.05, 3.63) is 61.3 Å². The Morgan fingerprint density at radius 1 is 0.921 bits per heavy atom. The van der Waals surface area contributed by atoms with Crippen molar-refractivity contribution >= 4 is 5.97 Å². The van der Waals surface area contributed by atoms with Gasteiger partial charge >= 0.3 is 5.97 Å². The van der Waals surface area contributed by atoms with E-state index in [2.05, 4.69) is 13.5 Å². The summed E-state index contributed by atoms with van der Waals surface area (Å²) in [6, 6.07) is 0. The van der Waals surface area contributed by atoms with Crippen LogP contribution < -0.4 is 0 Å². The Morgan fingerprint density at radius 3 is 2.26 bits per heavy atom. The van der Waals surface area contributed by atoms with Gasteiger partial charge in [-0.05, 0) is 31.1 Å². The number of carbonyl (C=O) groups excluding carboxylic acids is 1. The fourth-order valence-corrected chi connectivity index (χ4v) is 5.04. The van der Waals surface area contributed by atoms with Gasteiger partial charge in [0, 0.05) is 36.2 Å². The smallest absolute Gasteiger partial charge is 0.331 e. The molecule has 0 fully saturated rings. The Balaban J connectivity index is 3.17. The van der Waals surface area contributed by atoms with Gasteiger partial charge in [0.2, 0.25) is 0 Å². The third-order valence-corrected chi connectivity index (χ3v) is 7.78. The molecular formula is C32H52O6. The Kier molecular flexibility index (Phi) is 15.7. The quantitative estimate of drug-likeness (QED) is 0.228. The lowest BCUT2D eigenvalue weighted by atomic mass is 9.82. The van der Waals surface area contributed by atoms with Crippen LogP contribution in [0.5, 0.6) is 0 Å². The lowest BCUT2D eigenvalue weighted by molar-refractivity contribution is -0.150. The Hall–Kier alpha value is -1.99. The summed E-state index contributed by atoms with van der Waals surface area (Å²) < 4.78 is 5.81. The van der Waals surface area contributed by atoms with Crippen molar-refractivity contribution in [2.75, 3.05) is 0 Å². The number of aliphatic hydroxyl groups is 4. The molecule has 0 saturated heterocycles. The standard InChI is InChI=1S/C32H52O6/c1-8-9-12-24(5)32-26(7)28(34)18-15-21(2)19-25(6)31(37)23(4)16-17-27(33)20-29(35)22(3)13-10-11-14-30(36)38-32/h8-14,16-17,21-29,31-35,37H,1,15,18-20H2,2-7H3/b12-9-,13-10+,14-11-,17-16-/t21-,22+,23-,24-,25-,26+,27?,28+,29-,31-,32-/m0/s1. The predicted octanol–water partition coefficient (Wildman–Crippen LogP) is 5.14. The van der Waals surface area contributed by atoms with Crippen molar-refractivity contribution in [2.24, 2.45) is 35.5 Å². The average Bonchev–Trinajstić information content (AvgIpc) is 2.88. The van der Waals surface area contributed by atoms with Gasteiger partial charge in [-0.3, -0.25) is 0 Å². The fraction of sp³-hybridized carbons (Fsp3) is 0.656. The highest BCUT2D eigenvalue weighted by atomic mass is 16.5. The van der Waals surface area contributed by atoms with E-state index in [1.165, 1.54) is 6.08 Å². The van der Waals surface area contributed by atoms with Crippen LogP contribution in [-0.2, 0) is 9.53 Å². The summed E-state index contributed by atoms with van der Waals surface area (Å²) in [5.74, 6) is -0.976. The van der Waals surface area contributed by atoms with Crippen LogP contribution in [0.1, 0.15) is 67.2 Å². The van der Waals surface area contributed by atoms with Crippen molar-refractivity contribution in [3.8, 4) is 0 Å². The van der Waals surface area contributed by atoms with Crippen LogP contribution in [0.3, 0.4) is 0 Å². The molecule has 0 aromatic rings. The summed E-state index contributed by atoms with van der Waals surface area (Å²) in [4.78, 5) is 12.6. The maximum Gasteiger partial charge on any atom is 0.331 e. The minimum Gasteiger partial charge on any atom is -0.458 e. The molecule has 0 saturated carbocycles. The summed E-state index contributed by atoms with van der Waals surface area (Å²) in [6.45, 7) is 15.5. The van der Waals surface area contributed by atoms with Crippen molar-refractivity contribution in [1.82, 2.24) is 0 Å². The zero-order valence-electron chi connectivity index (χ0n) is 24.2. The Morgan fingerprint density at radius 2 is 1.61 bits per heavy atom. The molecule has 38 heavy (non-hydrogen) atoms. The first-order valence-electron chi connectivity index (χ1n) is 14.1. The van der Waals surface area contributed by atoms with Crippen molar-refractivity contribution in [3.63, 3.8) is 0 Å². The number of esters is 1. The van der Waals surface area contributed by atoms with E-state index >= 15 is 0 Å². The molecule has 0 radical (unpaired) electrons. The van der Waals surface area contributed by atoms with Gasteiger partial charge in [0.15, 0.2) is 0 Å². The lowest BCUT2D eigenvalue weighted by Gasteiger charge is -2.31. The zero-order chi connectivity index (χ0) is 28.8. The van der Waals surface area contributed by atoms with Gasteiger partial charge in [0.25, 0.3) is 0 Å². The van der Waals surface area contributed by atoms with Crippen LogP contribution in [0.25, 0.3) is 0 Å². The van der Waals surface area contributed by atoms with E-state index in [0.29, 0.717) is 6.42 Å². The maximum absolute atomic E-state index is 12.6. The largest absolute Gasteiger partial charge is 0.458 e. The number of hydrogen-bond acceptors (Lipinski definition) is 6. The molecule has 216 valence electrons. The van der Waals surface area contributed by atoms with Gasteiger partial charge in [0.1, 0.15) is 6.10 Å². The summed E-state index contributed by atoms with van der Waals surface area (Å²) >= 11 is 0. The van der Waals surface area contributed by atoms with Crippen LogP contribution in [0.2, 0.25) is 0 Å². The van der Waals surface area contributed by atoms with E-state index in [1.807, 2.05) is 52.8 Å². The minimum absolute atomic E-state index is 0.0366. The number of ether oxygens (including phenoxy) is 1. The summed E-state index contributed by atoms with van der Waals surface area (Å²) in [5, 5.41) is 42.7. The number of rotatable bonds is 3. The second-order valence-electron chi connectivity index (χ2n) is 11.4. The highest BCUT2D eigenvalue weighted by Gasteiger charge is 2.31.